The first-order chi connectivity index (χ1) is 9.74. The predicted octanol–water partition coefficient (Wildman–Crippen LogP) is 4.34. The minimum atomic E-state index is 0.795. The third-order valence-corrected chi connectivity index (χ3v) is 3.64. The van der Waals surface area contributed by atoms with Crippen LogP contribution in [0.5, 0.6) is 0 Å². The van der Waals surface area contributed by atoms with Crippen molar-refractivity contribution in [1.82, 2.24) is 0 Å². The highest BCUT2D eigenvalue weighted by atomic mass is 14.9. The van der Waals surface area contributed by atoms with Gasteiger partial charge in [0.25, 0.3) is 0 Å². The van der Waals surface area contributed by atoms with Gasteiger partial charge in [0.05, 0.1) is 0 Å². The van der Waals surface area contributed by atoms with Crippen LogP contribution >= 0.6 is 0 Å². The van der Waals surface area contributed by atoms with E-state index in [1.807, 2.05) is 19.1 Å². The number of fused-ring (bicyclic) bond motifs is 1. The molecule has 0 radical (unpaired) electrons. The molecule has 0 aliphatic heterocycles. The van der Waals surface area contributed by atoms with Gasteiger partial charge in [0.2, 0.25) is 0 Å². The van der Waals surface area contributed by atoms with Gasteiger partial charge in [-0.2, -0.15) is 0 Å². The Bertz CT molecular complexity index is 742. The summed E-state index contributed by atoms with van der Waals surface area (Å²) >= 11 is 0. The van der Waals surface area contributed by atoms with Crippen molar-refractivity contribution in [2.75, 3.05) is 11.1 Å². The van der Waals surface area contributed by atoms with Crippen molar-refractivity contribution in [2.45, 2.75) is 13.5 Å². The fourth-order valence-electron chi connectivity index (χ4n) is 2.39. The van der Waals surface area contributed by atoms with Crippen molar-refractivity contribution in [3.63, 3.8) is 0 Å². The lowest BCUT2D eigenvalue weighted by Crippen LogP contribution is -2.01. The first-order valence-electron chi connectivity index (χ1n) is 6.81. The van der Waals surface area contributed by atoms with E-state index < -0.39 is 0 Å². The lowest BCUT2D eigenvalue weighted by molar-refractivity contribution is 1.17. The summed E-state index contributed by atoms with van der Waals surface area (Å²) in [6, 6.07) is 20.9. The lowest BCUT2D eigenvalue weighted by Gasteiger charge is -2.10. The molecule has 0 unspecified atom stereocenters. The monoisotopic (exact) mass is 262 g/mol. The molecule has 0 bridgehead atoms. The van der Waals surface area contributed by atoms with Crippen LogP contribution in [0.4, 0.5) is 11.4 Å². The normalized spacial score (nSPS) is 10.7. The number of nitrogen functional groups attached to an aromatic ring is 1. The second-order valence-electron chi connectivity index (χ2n) is 5.06. The third-order valence-electron chi connectivity index (χ3n) is 3.64. The van der Waals surface area contributed by atoms with Gasteiger partial charge in [-0.3, -0.25) is 0 Å². The van der Waals surface area contributed by atoms with Crippen molar-refractivity contribution < 1.29 is 0 Å². The highest BCUT2D eigenvalue weighted by Gasteiger charge is 2.01. The molecular formula is C18H18N2. The minimum absolute atomic E-state index is 0.795. The van der Waals surface area contributed by atoms with Crippen molar-refractivity contribution in [3.05, 3.63) is 71.8 Å². The van der Waals surface area contributed by atoms with E-state index in [-0.39, 0.29) is 0 Å². The first-order valence-corrected chi connectivity index (χ1v) is 6.81. The van der Waals surface area contributed by atoms with Crippen molar-refractivity contribution in [1.29, 1.82) is 0 Å². The van der Waals surface area contributed by atoms with E-state index in [2.05, 4.69) is 53.8 Å². The van der Waals surface area contributed by atoms with E-state index in [1.165, 1.54) is 16.3 Å². The van der Waals surface area contributed by atoms with Crippen LogP contribution in [0.3, 0.4) is 0 Å². The Morgan fingerprint density at radius 3 is 2.60 bits per heavy atom. The Labute approximate surface area is 119 Å². The van der Waals surface area contributed by atoms with Gasteiger partial charge >= 0.3 is 0 Å². The Hall–Kier alpha value is -2.48. The first kappa shape index (κ1) is 12.5. The topological polar surface area (TPSA) is 38.0 Å². The number of aryl methyl sites for hydroxylation is 1. The summed E-state index contributed by atoms with van der Waals surface area (Å²) in [5.41, 5.74) is 10.2. The molecule has 100 valence electrons. The second-order valence-corrected chi connectivity index (χ2v) is 5.06. The molecule has 0 spiro atoms. The number of rotatable bonds is 3. The summed E-state index contributed by atoms with van der Waals surface area (Å²) in [5, 5.41) is 6.01. The lowest BCUT2D eigenvalue weighted by atomic mass is 10.0. The summed E-state index contributed by atoms with van der Waals surface area (Å²) in [7, 11) is 0. The van der Waals surface area contributed by atoms with Gasteiger partial charge in [-0.1, -0.05) is 48.5 Å². The molecule has 3 N–H and O–H groups in total. The maximum atomic E-state index is 5.94. The summed E-state index contributed by atoms with van der Waals surface area (Å²) in [5.74, 6) is 0. The van der Waals surface area contributed by atoms with Gasteiger partial charge in [0.15, 0.2) is 0 Å². The number of benzene rings is 3. The average molecular weight is 262 g/mol. The van der Waals surface area contributed by atoms with E-state index in [1.54, 1.807) is 0 Å². The molecule has 2 heteroatoms. The Morgan fingerprint density at radius 2 is 1.75 bits per heavy atom. The smallest absolute Gasteiger partial charge is 0.0406 e. The largest absolute Gasteiger partial charge is 0.398 e. The molecule has 3 aromatic rings. The molecule has 0 saturated heterocycles. The molecule has 0 fully saturated rings. The van der Waals surface area contributed by atoms with Crippen molar-refractivity contribution in [3.8, 4) is 0 Å². The average Bonchev–Trinajstić information content (AvgIpc) is 2.48. The molecule has 0 aliphatic rings. The van der Waals surface area contributed by atoms with Crippen LogP contribution in [0, 0.1) is 6.92 Å². The summed E-state index contributed by atoms with van der Waals surface area (Å²) < 4.78 is 0. The van der Waals surface area contributed by atoms with E-state index >= 15 is 0 Å². The summed E-state index contributed by atoms with van der Waals surface area (Å²) in [6.07, 6.45) is 0. The zero-order valence-corrected chi connectivity index (χ0v) is 11.6. The number of anilines is 2. The zero-order chi connectivity index (χ0) is 13.9. The SMILES string of the molecule is Cc1ccc(NCc2cccc3ccccc23)cc1N. The molecule has 3 aromatic carbocycles. The van der Waals surface area contributed by atoms with Crippen molar-refractivity contribution in [2.24, 2.45) is 0 Å². The molecule has 0 heterocycles. The number of hydrogen-bond donors (Lipinski definition) is 2. The molecule has 2 nitrogen and oxygen atoms in total. The molecule has 0 atom stereocenters. The van der Waals surface area contributed by atoms with Crippen LogP contribution < -0.4 is 11.1 Å². The van der Waals surface area contributed by atoms with Crippen molar-refractivity contribution >= 4 is 22.1 Å². The minimum Gasteiger partial charge on any atom is -0.398 e. The summed E-state index contributed by atoms with van der Waals surface area (Å²) in [6.45, 7) is 2.81. The molecular weight excluding hydrogens is 244 g/mol. The number of hydrogen-bond acceptors (Lipinski definition) is 2. The Balaban J connectivity index is 1.85. The van der Waals surface area contributed by atoms with Gasteiger partial charge in [-0.15, -0.1) is 0 Å². The van der Waals surface area contributed by atoms with E-state index in [4.69, 9.17) is 5.73 Å². The second kappa shape index (κ2) is 5.25. The van der Waals surface area contributed by atoms with Gasteiger partial charge in [-0.25, -0.2) is 0 Å². The van der Waals surface area contributed by atoms with Crippen LogP contribution in [-0.2, 0) is 6.54 Å². The van der Waals surface area contributed by atoms with E-state index in [0.717, 1.165) is 23.5 Å². The Morgan fingerprint density at radius 1 is 0.950 bits per heavy atom. The third kappa shape index (κ3) is 2.45. The number of nitrogens with two attached hydrogens (primary N) is 1. The highest BCUT2D eigenvalue weighted by molar-refractivity contribution is 5.85. The zero-order valence-electron chi connectivity index (χ0n) is 11.6. The maximum absolute atomic E-state index is 5.94. The molecule has 20 heavy (non-hydrogen) atoms. The fraction of sp³-hybridized carbons (Fsp3) is 0.111. The van der Waals surface area contributed by atoms with Gasteiger partial charge in [0.1, 0.15) is 0 Å². The van der Waals surface area contributed by atoms with Crippen LogP contribution in [0.25, 0.3) is 10.8 Å². The standard InChI is InChI=1S/C18H18N2/c1-13-9-10-16(11-18(13)19)20-12-15-7-4-6-14-5-2-3-8-17(14)15/h2-11,20H,12,19H2,1H3. The molecule has 0 saturated carbocycles. The molecule has 3 rings (SSSR count). The van der Waals surface area contributed by atoms with Crippen LogP contribution in [-0.4, -0.2) is 0 Å². The molecule has 0 aliphatic carbocycles. The fourth-order valence-corrected chi connectivity index (χ4v) is 2.39. The van der Waals surface area contributed by atoms with Crippen LogP contribution in [0.1, 0.15) is 11.1 Å². The van der Waals surface area contributed by atoms with Gasteiger partial charge in [0, 0.05) is 17.9 Å². The predicted molar refractivity (Wildman–Crippen MR) is 86.9 cm³/mol. The molecule has 0 aromatic heterocycles. The quantitative estimate of drug-likeness (QED) is 0.689. The Kier molecular flexibility index (Phi) is 3.30. The van der Waals surface area contributed by atoms with E-state index in [9.17, 15) is 0 Å². The molecule has 0 amide bonds. The van der Waals surface area contributed by atoms with E-state index in [0.29, 0.717) is 0 Å². The van der Waals surface area contributed by atoms with Crippen LogP contribution in [0.2, 0.25) is 0 Å². The van der Waals surface area contributed by atoms with Crippen LogP contribution in [0.15, 0.2) is 60.7 Å². The van der Waals surface area contributed by atoms with Gasteiger partial charge < -0.3 is 11.1 Å². The highest BCUT2D eigenvalue weighted by Crippen LogP contribution is 2.21. The maximum Gasteiger partial charge on any atom is 0.0406 e. The number of nitrogens with one attached hydrogen (secondary N) is 1. The summed E-state index contributed by atoms with van der Waals surface area (Å²) in [4.78, 5) is 0. The van der Waals surface area contributed by atoms with Gasteiger partial charge in [-0.05, 0) is 41.0 Å².